The second kappa shape index (κ2) is 4.36. The van der Waals surface area contributed by atoms with Crippen LogP contribution < -0.4 is 5.32 Å². The fourth-order valence-electron chi connectivity index (χ4n) is 0.869. The molecule has 5 heteroatoms. The van der Waals surface area contributed by atoms with Crippen LogP contribution in [0.4, 0.5) is 14.9 Å². The lowest BCUT2D eigenvalue weighted by Crippen LogP contribution is -2.11. The maximum Gasteiger partial charge on any atom is 0.411 e. The molecule has 1 amide bonds. The van der Waals surface area contributed by atoms with Crippen LogP contribution in [-0.2, 0) is 4.74 Å². The third-order valence-corrected chi connectivity index (χ3v) is 1.56. The Bertz CT molecular complexity index is 365. The summed E-state index contributed by atoms with van der Waals surface area (Å²) in [5, 5.41) is 2.27. The molecule has 0 heterocycles. The molecule has 0 radical (unpaired) electrons. The second-order valence-corrected chi connectivity index (χ2v) is 2.47. The van der Waals surface area contributed by atoms with E-state index >= 15 is 0 Å². The maximum atomic E-state index is 13.0. The Morgan fingerprint density at radius 1 is 1.57 bits per heavy atom. The molecule has 0 aliphatic carbocycles. The normalized spacial score (nSPS) is 9.29. The Hall–Kier alpha value is -1.91. The minimum atomic E-state index is -0.691. The van der Waals surface area contributed by atoms with Crippen LogP contribution in [0, 0.1) is 5.82 Å². The Kier molecular flexibility index (Phi) is 3.17. The third-order valence-electron chi connectivity index (χ3n) is 1.56. The minimum absolute atomic E-state index is 0.0552. The van der Waals surface area contributed by atoms with Crippen LogP contribution in [0.25, 0.3) is 0 Å². The van der Waals surface area contributed by atoms with Gasteiger partial charge in [0.25, 0.3) is 0 Å². The Morgan fingerprint density at radius 3 is 2.79 bits per heavy atom. The summed E-state index contributed by atoms with van der Waals surface area (Å²) >= 11 is 0. The number of methoxy groups -OCH3 is 1. The number of hydrogen-bond acceptors (Lipinski definition) is 3. The van der Waals surface area contributed by atoms with Crippen molar-refractivity contribution in [3.63, 3.8) is 0 Å². The van der Waals surface area contributed by atoms with Gasteiger partial charge in [0.1, 0.15) is 5.82 Å². The fraction of sp³-hybridized carbons (Fsp3) is 0.111. The van der Waals surface area contributed by atoms with Gasteiger partial charge < -0.3 is 4.74 Å². The third kappa shape index (κ3) is 2.29. The van der Waals surface area contributed by atoms with E-state index < -0.39 is 11.9 Å². The number of benzene rings is 1. The molecule has 0 fully saturated rings. The summed E-state index contributed by atoms with van der Waals surface area (Å²) in [6, 6.07) is 3.72. The molecule has 0 saturated carbocycles. The van der Waals surface area contributed by atoms with Gasteiger partial charge in [0.2, 0.25) is 0 Å². The van der Waals surface area contributed by atoms with Gasteiger partial charge in [-0.25, -0.2) is 9.18 Å². The van der Waals surface area contributed by atoms with Gasteiger partial charge in [0.15, 0.2) is 6.29 Å². The van der Waals surface area contributed by atoms with Crippen LogP contribution in [-0.4, -0.2) is 19.5 Å². The highest BCUT2D eigenvalue weighted by atomic mass is 19.1. The average molecular weight is 197 g/mol. The summed E-state index contributed by atoms with van der Waals surface area (Å²) in [5.41, 5.74) is 0.181. The molecule has 0 saturated heterocycles. The van der Waals surface area contributed by atoms with Gasteiger partial charge in [-0.15, -0.1) is 0 Å². The van der Waals surface area contributed by atoms with Crippen LogP contribution in [0.3, 0.4) is 0 Å². The second-order valence-electron chi connectivity index (χ2n) is 2.47. The molecule has 1 N–H and O–H groups in total. The molecule has 1 aromatic rings. The van der Waals surface area contributed by atoms with Crippen molar-refractivity contribution in [2.75, 3.05) is 12.4 Å². The van der Waals surface area contributed by atoms with Gasteiger partial charge >= 0.3 is 6.09 Å². The number of carbonyl (C=O) groups is 2. The van der Waals surface area contributed by atoms with E-state index in [0.29, 0.717) is 6.29 Å². The van der Waals surface area contributed by atoms with Crippen molar-refractivity contribution in [3.8, 4) is 0 Å². The summed E-state index contributed by atoms with van der Waals surface area (Å²) in [6.45, 7) is 0. The van der Waals surface area contributed by atoms with Crippen LogP contribution in [0.1, 0.15) is 10.4 Å². The molecular weight excluding hydrogens is 189 g/mol. The van der Waals surface area contributed by atoms with E-state index in [2.05, 4.69) is 10.1 Å². The number of halogens is 1. The molecule has 1 rings (SSSR count). The van der Waals surface area contributed by atoms with Gasteiger partial charge in [-0.3, -0.25) is 10.1 Å². The lowest BCUT2D eigenvalue weighted by atomic mass is 10.2. The van der Waals surface area contributed by atoms with Crippen LogP contribution in [0.5, 0.6) is 0 Å². The molecule has 0 spiro atoms. The number of ether oxygens (including phenoxy) is 1. The predicted octanol–water partition coefficient (Wildman–Crippen LogP) is 1.82. The number of rotatable bonds is 2. The van der Waals surface area contributed by atoms with Gasteiger partial charge in [-0.2, -0.15) is 0 Å². The molecule has 14 heavy (non-hydrogen) atoms. The Morgan fingerprint density at radius 2 is 2.29 bits per heavy atom. The quantitative estimate of drug-likeness (QED) is 0.735. The first-order valence-electron chi connectivity index (χ1n) is 3.77. The maximum absolute atomic E-state index is 13.0. The average Bonchev–Trinajstić information content (AvgIpc) is 2.18. The van der Waals surface area contributed by atoms with Crippen LogP contribution in [0.2, 0.25) is 0 Å². The molecule has 0 atom stereocenters. The molecule has 0 aliphatic heterocycles. The lowest BCUT2D eigenvalue weighted by molar-refractivity contribution is 0.112. The van der Waals surface area contributed by atoms with E-state index in [4.69, 9.17) is 0 Å². The zero-order chi connectivity index (χ0) is 10.6. The molecule has 0 bridgehead atoms. The fourth-order valence-corrected chi connectivity index (χ4v) is 0.869. The van der Waals surface area contributed by atoms with Crippen LogP contribution in [0.15, 0.2) is 18.2 Å². The SMILES string of the molecule is COC(=O)Nc1ccc(C=O)c(F)c1. The predicted molar refractivity (Wildman–Crippen MR) is 47.8 cm³/mol. The highest BCUT2D eigenvalue weighted by Gasteiger charge is 2.04. The van der Waals surface area contributed by atoms with Crippen molar-refractivity contribution in [2.45, 2.75) is 0 Å². The summed E-state index contributed by atoms with van der Waals surface area (Å²) in [7, 11) is 1.20. The summed E-state index contributed by atoms with van der Waals surface area (Å²) in [5.74, 6) is -0.686. The number of anilines is 1. The van der Waals surface area contributed by atoms with Crippen molar-refractivity contribution >= 4 is 18.1 Å². The zero-order valence-electron chi connectivity index (χ0n) is 7.41. The van der Waals surface area contributed by atoms with E-state index in [1.54, 1.807) is 0 Å². The van der Waals surface area contributed by atoms with Crippen LogP contribution >= 0.6 is 0 Å². The van der Waals surface area contributed by atoms with Gasteiger partial charge in [0.05, 0.1) is 12.7 Å². The van der Waals surface area contributed by atoms with Crippen molar-refractivity contribution in [2.24, 2.45) is 0 Å². The number of hydrogen-bond donors (Lipinski definition) is 1. The first-order chi connectivity index (χ1) is 6.67. The Labute approximate surface area is 79.7 Å². The van der Waals surface area contributed by atoms with Gasteiger partial charge in [0, 0.05) is 5.69 Å². The molecular formula is C9H8FNO3. The van der Waals surface area contributed by atoms with E-state index in [1.165, 1.54) is 19.2 Å². The molecule has 1 aromatic carbocycles. The molecule has 4 nitrogen and oxygen atoms in total. The van der Waals surface area contributed by atoms with E-state index in [9.17, 15) is 14.0 Å². The van der Waals surface area contributed by atoms with E-state index in [1.807, 2.05) is 0 Å². The first kappa shape index (κ1) is 10.2. The lowest BCUT2D eigenvalue weighted by Gasteiger charge is -2.03. The monoisotopic (exact) mass is 197 g/mol. The molecule has 0 aliphatic rings. The van der Waals surface area contributed by atoms with E-state index in [-0.39, 0.29) is 11.3 Å². The number of nitrogens with one attached hydrogen (secondary N) is 1. The summed E-state index contributed by atoms with van der Waals surface area (Å²) in [4.78, 5) is 21.0. The van der Waals surface area contributed by atoms with Gasteiger partial charge in [-0.05, 0) is 18.2 Å². The summed E-state index contributed by atoms with van der Waals surface area (Å²) in [6.07, 6.45) is -0.291. The number of carbonyl (C=O) groups excluding carboxylic acids is 2. The summed E-state index contributed by atoms with van der Waals surface area (Å²) < 4.78 is 17.3. The van der Waals surface area contributed by atoms with Gasteiger partial charge in [-0.1, -0.05) is 0 Å². The van der Waals surface area contributed by atoms with Crippen molar-refractivity contribution in [1.82, 2.24) is 0 Å². The minimum Gasteiger partial charge on any atom is -0.453 e. The standard InChI is InChI=1S/C9H8FNO3/c1-14-9(13)11-7-3-2-6(5-12)8(10)4-7/h2-5H,1H3,(H,11,13). The van der Waals surface area contributed by atoms with Crippen molar-refractivity contribution < 1.29 is 18.7 Å². The highest BCUT2D eigenvalue weighted by molar-refractivity contribution is 5.85. The molecule has 0 aromatic heterocycles. The zero-order valence-corrected chi connectivity index (χ0v) is 7.41. The number of aldehydes is 1. The van der Waals surface area contributed by atoms with Crippen molar-refractivity contribution in [3.05, 3.63) is 29.6 Å². The molecule has 0 unspecified atom stereocenters. The smallest absolute Gasteiger partial charge is 0.411 e. The largest absolute Gasteiger partial charge is 0.453 e. The van der Waals surface area contributed by atoms with Crippen molar-refractivity contribution in [1.29, 1.82) is 0 Å². The highest BCUT2D eigenvalue weighted by Crippen LogP contribution is 2.13. The number of amides is 1. The van der Waals surface area contributed by atoms with E-state index in [0.717, 1.165) is 6.07 Å². The molecule has 74 valence electrons. The topological polar surface area (TPSA) is 55.4 Å². The first-order valence-corrected chi connectivity index (χ1v) is 3.77. The Balaban J connectivity index is 2.86.